The van der Waals surface area contributed by atoms with Crippen LogP contribution in [0.25, 0.3) is 0 Å². The van der Waals surface area contributed by atoms with Gasteiger partial charge in [-0.05, 0) is 54.1 Å². The molecule has 1 aromatic carbocycles. The highest BCUT2D eigenvalue weighted by Gasteiger charge is 2.13. The molecule has 0 aliphatic heterocycles. The molecule has 1 heterocycles. The molecule has 0 radical (unpaired) electrons. The van der Waals surface area contributed by atoms with Crippen molar-refractivity contribution in [3.63, 3.8) is 0 Å². The maximum atomic E-state index is 11.8. The van der Waals surface area contributed by atoms with Crippen molar-refractivity contribution >= 4 is 32.7 Å². The number of aryl methyl sites for hydroxylation is 1. The molecule has 2 rings (SSSR count). The molecule has 108 valence electrons. The number of anilines is 2. The van der Waals surface area contributed by atoms with Crippen LogP contribution in [0.2, 0.25) is 0 Å². The van der Waals surface area contributed by atoms with Crippen LogP contribution in [0.1, 0.15) is 11.1 Å². The van der Waals surface area contributed by atoms with E-state index in [1.54, 1.807) is 23.5 Å². The van der Waals surface area contributed by atoms with Gasteiger partial charge >= 0.3 is 0 Å². The lowest BCUT2D eigenvalue weighted by Gasteiger charge is -2.11. The molecular weight excluding hydrogens is 294 g/mol. The number of hydrogen-bond donors (Lipinski definition) is 3. The van der Waals surface area contributed by atoms with Crippen LogP contribution < -0.4 is 15.8 Å². The van der Waals surface area contributed by atoms with Gasteiger partial charge < -0.3 is 11.1 Å². The first-order chi connectivity index (χ1) is 9.44. The maximum absolute atomic E-state index is 11.8. The highest BCUT2D eigenvalue weighted by molar-refractivity contribution is 7.89. The average molecular weight is 311 g/mol. The number of sulfonamides is 1. The van der Waals surface area contributed by atoms with Gasteiger partial charge in [-0.15, -0.1) is 0 Å². The van der Waals surface area contributed by atoms with Crippen LogP contribution in [-0.2, 0) is 16.6 Å². The van der Waals surface area contributed by atoms with E-state index in [1.807, 2.05) is 6.92 Å². The summed E-state index contributed by atoms with van der Waals surface area (Å²) in [7, 11) is -2.08. The third-order valence-electron chi connectivity index (χ3n) is 3.03. The van der Waals surface area contributed by atoms with Gasteiger partial charge in [0.1, 0.15) is 0 Å². The van der Waals surface area contributed by atoms with Crippen LogP contribution >= 0.6 is 11.3 Å². The minimum absolute atomic E-state index is 0.193. The lowest BCUT2D eigenvalue weighted by molar-refractivity contribution is 0.588. The predicted octanol–water partition coefficient (Wildman–Crippen LogP) is 2.16. The predicted molar refractivity (Wildman–Crippen MR) is 83.5 cm³/mol. The Kier molecular flexibility index (Phi) is 4.32. The lowest BCUT2D eigenvalue weighted by atomic mass is 10.2. The van der Waals surface area contributed by atoms with Crippen LogP contribution in [0.3, 0.4) is 0 Å². The molecule has 0 spiro atoms. The molecule has 0 atom stereocenters. The summed E-state index contributed by atoms with van der Waals surface area (Å²) >= 11 is 1.64. The third kappa shape index (κ3) is 3.12. The minimum Gasteiger partial charge on any atom is -0.397 e. The smallest absolute Gasteiger partial charge is 0.240 e. The van der Waals surface area contributed by atoms with E-state index in [9.17, 15) is 8.42 Å². The van der Waals surface area contributed by atoms with E-state index in [0.29, 0.717) is 17.9 Å². The minimum atomic E-state index is -3.46. The van der Waals surface area contributed by atoms with Gasteiger partial charge in [0.2, 0.25) is 10.0 Å². The molecule has 0 aliphatic carbocycles. The second-order valence-corrected chi connectivity index (χ2v) is 7.02. The lowest BCUT2D eigenvalue weighted by Crippen LogP contribution is -2.18. The molecule has 4 N–H and O–H groups in total. The van der Waals surface area contributed by atoms with Gasteiger partial charge in [-0.25, -0.2) is 13.1 Å². The van der Waals surface area contributed by atoms with E-state index in [0.717, 1.165) is 0 Å². The number of nitrogens with one attached hydrogen (secondary N) is 2. The molecule has 1 aromatic heterocycles. The van der Waals surface area contributed by atoms with E-state index in [1.165, 1.54) is 24.2 Å². The van der Waals surface area contributed by atoms with Gasteiger partial charge in [0.25, 0.3) is 0 Å². The van der Waals surface area contributed by atoms with Gasteiger partial charge in [0, 0.05) is 6.54 Å². The summed E-state index contributed by atoms with van der Waals surface area (Å²) < 4.78 is 25.8. The van der Waals surface area contributed by atoms with Gasteiger partial charge in [0.05, 0.1) is 16.3 Å². The second kappa shape index (κ2) is 5.82. The van der Waals surface area contributed by atoms with Crippen LogP contribution in [0.4, 0.5) is 11.4 Å². The van der Waals surface area contributed by atoms with Gasteiger partial charge in [-0.1, -0.05) is 0 Å². The zero-order chi connectivity index (χ0) is 14.8. The van der Waals surface area contributed by atoms with Crippen molar-refractivity contribution in [1.29, 1.82) is 0 Å². The first-order valence-corrected chi connectivity index (χ1v) is 8.45. The van der Waals surface area contributed by atoms with Crippen LogP contribution in [0, 0.1) is 6.92 Å². The number of nitrogen functional groups attached to an aromatic ring is 1. The number of benzene rings is 1. The molecular formula is C13H17N3O2S2. The van der Waals surface area contributed by atoms with Gasteiger partial charge in [0.15, 0.2) is 0 Å². The van der Waals surface area contributed by atoms with Crippen LogP contribution in [0.5, 0.6) is 0 Å². The number of nitrogens with two attached hydrogens (primary N) is 1. The topological polar surface area (TPSA) is 84.2 Å². The maximum Gasteiger partial charge on any atom is 0.240 e. The first kappa shape index (κ1) is 14.8. The van der Waals surface area contributed by atoms with Crippen molar-refractivity contribution in [2.75, 3.05) is 18.1 Å². The fourth-order valence-corrected chi connectivity index (χ4v) is 3.34. The molecule has 7 heteroatoms. The van der Waals surface area contributed by atoms with Crippen molar-refractivity contribution in [3.05, 3.63) is 40.1 Å². The standard InChI is InChI=1S/C13H17N3O2S2/c1-9-7-19-8-10(9)6-16-13-5-11(3-4-12(13)14)20(17,18)15-2/h3-5,7-8,15-16H,6,14H2,1-2H3. The summed E-state index contributed by atoms with van der Waals surface area (Å²) in [6, 6.07) is 4.62. The Hall–Kier alpha value is -1.57. The molecule has 0 aliphatic rings. The molecule has 0 fully saturated rings. The summed E-state index contributed by atoms with van der Waals surface area (Å²) in [6.07, 6.45) is 0. The number of thiophene rings is 1. The Morgan fingerprint density at radius 3 is 2.65 bits per heavy atom. The zero-order valence-corrected chi connectivity index (χ0v) is 12.9. The van der Waals surface area contributed by atoms with E-state index in [2.05, 4.69) is 20.8 Å². The zero-order valence-electron chi connectivity index (χ0n) is 11.3. The monoisotopic (exact) mass is 311 g/mol. The van der Waals surface area contributed by atoms with Crippen molar-refractivity contribution in [3.8, 4) is 0 Å². The molecule has 2 aromatic rings. The van der Waals surface area contributed by atoms with Crippen molar-refractivity contribution in [2.24, 2.45) is 0 Å². The Morgan fingerprint density at radius 1 is 1.30 bits per heavy atom. The van der Waals surface area contributed by atoms with Crippen LogP contribution in [-0.4, -0.2) is 15.5 Å². The Labute approximate surface area is 122 Å². The molecule has 0 unspecified atom stereocenters. The van der Waals surface area contributed by atoms with E-state index < -0.39 is 10.0 Å². The average Bonchev–Trinajstić information content (AvgIpc) is 2.83. The summed E-state index contributed by atoms with van der Waals surface area (Å²) in [6.45, 7) is 2.65. The third-order valence-corrected chi connectivity index (χ3v) is 5.36. The van der Waals surface area contributed by atoms with E-state index in [-0.39, 0.29) is 4.90 Å². The van der Waals surface area contributed by atoms with E-state index in [4.69, 9.17) is 5.73 Å². The highest BCUT2D eigenvalue weighted by atomic mass is 32.2. The molecule has 20 heavy (non-hydrogen) atoms. The summed E-state index contributed by atoms with van der Waals surface area (Å²) in [5.41, 5.74) is 9.40. The van der Waals surface area contributed by atoms with Crippen molar-refractivity contribution < 1.29 is 8.42 Å². The van der Waals surface area contributed by atoms with Crippen LogP contribution in [0.15, 0.2) is 33.9 Å². The summed E-state index contributed by atoms with van der Waals surface area (Å²) in [5, 5.41) is 7.32. The Bertz CT molecular complexity index is 708. The molecule has 0 amide bonds. The molecule has 0 saturated heterocycles. The largest absolute Gasteiger partial charge is 0.397 e. The summed E-state index contributed by atoms with van der Waals surface area (Å²) in [5.74, 6) is 0. The fourth-order valence-electron chi connectivity index (χ4n) is 1.73. The Morgan fingerprint density at radius 2 is 2.05 bits per heavy atom. The first-order valence-electron chi connectivity index (χ1n) is 6.02. The van der Waals surface area contributed by atoms with Crippen molar-refractivity contribution in [1.82, 2.24) is 4.72 Å². The normalized spacial score (nSPS) is 11.5. The quantitative estimate of drug-likeness (QED) is 0.739. The molecule has 5 nitrogen and oxygen atoms in total. The fraction of sp³-hybridized carbons (Fsp3) is 0.231. The van der Waals surface area contributed by atoms with Gasteiger partial charge in [-0.3, -0.25) is 0 Å². The van der Waals surface area contributed by atoms with Crippen molar-refractivity contribution in [2.45, 2.75) is 18.4 Å². The Balaban J connectivity index is 2.24. The SMILES string of the molecule is CNS(=O)(=O)c1ccc(N)c(NCc2cscc2C)c1. The van der Waals surface area contributed by atoms with Gasteiger partial charge in [-0.2, -0.15) is 11.3 Å². The number of hydrogen-bond acceptors (Lipinski definition) is 5. The van der Waals surface area contributed by atoms with E-state index >= 15 is 0 Å². The molecule has 0 bridgehead atoms. The second-order valence-electron chi connectivity index (χ2n) is 4.39. The number of rotatable bonds is 5. The molecule has 0 saturated carbocycles. The highest BCUT2D eigenvalue weighted by Crippen LogP contribution is 2.24. The summed E-state index contributed by atoms with van der Waals surface area (Å²) in [4.78, 5) is 0.193.